The minimum Gasteiger partial charge on any atom is -0.234 e. The van der Waals surface area contributed by atoms with Crippen LogP contribution >= 0.6 is 0 Å². The van der Waals surface area contributed by atoms with E-state index in [9.17, 15) is 0 Å². The molecular weight excluding hydrogens is 208 g/mol. The van der Waals surface area contributed by atoms with Gasteiger partial charge in [-0.25, -0.2) is 10.0 Å². The second kappa shape index (κ2) is 6.36. The van der Waals surface area contributed by atoms with Gasteiger partial charge in [-0.2, -0.15) is 0 Å². The molecular formula is C15H26N2. The molecule has 2 heteroatoms. The standard InChI is InChI=1S/C15H26N2/c1-3-12-16(14-8-5-6-9-14)17(13-4-2)15-10-7-11-15/h3-4,14-15H,1-2,5-13H2. The van der Waals surface area contributed by atoms with Crippen LogP contribution in [-0.2, 0) is 0 Å². The smallest absolute Gasteiger partial charge is 0.0314 e. The summed E-state index contributed by atoms with van der Waals surface area (Å²) in [4.78, 5) is 0. The lowest BCUT2D eigenvalue weighted by atomic mass is 9.92. The lowest BCUT2D eigenvalue weighted by Gasteiger charge is -2.46. The van der Waals surface area contributed by atoms with Crippen LogP contribution in [0.2, 0.25) is 0 Å². The van der Waals surface area contributed by atoms with Gasteiger partial charge in [0.05, 0.1) is 0 Å². The molecule has 2 saturated carbocycles. The zero-order valence-electron chi connectivity index (χ0n) is 11.0. The van der Waals surface area contributed by atoms with E-state index < -0.39 is 0 Å². The van der Waals surface area contributed by atoms with Gasteiger partial charge in [-0.3, -0.25) is 0 Å². The van der Waals surface area contributed by atoms with Crippen LogP contribution in [0.25, 0.3) is 0 Å². The SMILES string of the molecule is C=CCN(C1CCCC1)N(CC=C)C1CCC1. The molecule has 0 heterocycles. The van der Waals surface area contributed by atoms with E-state index in [-0.39, 0.29) is 0 Å². The molecule has 2 fully saturated rings. The van der Waals surface area contributed by atoms with E-state index >= 15 is 0 Å². The first-order chi connectivity index (χ1) is 8.36. The Labute approximate surface area is 106 Å². The summed E-state index contributed by atoms with van der Waals surface area (Å²) < 4.78 is 0. The molecule has 0 N–H and O–H groups in total. The minimum absolute atomic E-state index is 0.744. The summed E-state index contributed by atoms with van der Waals surface area (Å²) in [7, 11) is 0. The average molecular weight is 234 g/mol. The largest absolute Gasteiger partial charge is 0.234 e. The van der Waals surface area contributed by atoms with Gasteiger partial charge in [0.2, 0.25) is 0 Å². The van der Waals surface area contributed by atoms with Crippen LogP contribution in [0.3, 0.4) is 0 Å². The van der Waals surface area contributed by atoms with Gasteiger partial charge in [-0.1, -0.05) is 31.4 Å². The Morgan fingerprint density at radius 3 is 1.47 bits per heavy atom. The van der Waals surface area contributed by atoms with Crippen molar-refractivity contribution >= 4 is 0 Å². The zero-order chi connectivity index (χ0) is 12.1. The van der Waals surface area contributed by atoms with Crippen molar-refractivity contribution in [1.82, 2.24) is 10.0 Å². The molecule has 0 unspecified atom stereocenters. The first-order valence-electron chi connectivity index (χ1n) is 7.11. The van der Waals surface area contributed by atoms with Gasteiger partial charge in [0.15, 0.2) is 0 Å². The van der Waals surface area contributed by atoms with Crippen LogP contribution in [0.5, 0.6) is 0 Å². The molecule has 0 atom stereocenters. The Kier molecular flexibility index (Phi) is 4.81. The van der Waals surface area contributed by atoms with Crippen molar-refractivity contribution in [2.24, 2.45) is 0 Å². The lowest BCUT2D eigenvalue weighted by molar-refractivity contribution is -0.0940. The molecule has 96 valence electrons. The van der Waals surface area contributed by atoms with Crippen molar-refractivity contribution in [2.45, 2.75) is 57.0 Å². The van der Waals surface area contributed by atoms with Gasteiger partial charge in [-0.15, -0.1) is 13.2 Å². The van der Waals surface area contributed by atoms with E-state index in [1.807, 2.05) is 12.2 Å². The Balaban J connectivity index is 2.03. The van der Waals surface area contributed by atoms with Crippen molar-refractivity contribution in [1.29, 1.82) is 0 Å². The summed E-state index contributed by atoms with van der Waals surface area (Å²) >= 11 is 0. The van der Waals surface area contributed by atoms with Gasteiger partial charge in [0.1, 0.15) is 0 Å². The molecule has 0 amide bonds. The lowest BCUT2D eigenvalue weighted by Crippen LogP contribution is -2.54. The van der Waals surface area contributed by atoms with Crippen LogP contribution in [0.1, 0.15) is 44.9 Å². The average Bonchev–Trinajstić information content (AvgIpc) is 2.76. The molecule has 0 aliphatic heterocycles. The minimum atomic E-state index is 0.744. The van der Waals surface area contributed by atoms with Crippen LogP contribution < -0.4 is 0 Å². The van der Waals surface area contributed by atoms with E-state index in [0.717, 1.165) is 25.2 Å². The van der Waals surface area contributed by atoms with E-state index in [1.165, 1.54) is 44.9 Å². The first kappa shape index (κ1) is 12.8. The van der Waals surface area contributed by atoms with E-state index in [2.05, 4.69) is 23.2 Å². The second-order valence-electron chi connectivity index (χ2n) is 5.34. The maximum atomic E-state index is 3.92. The molecule has 0 aromatic carbocycles. The quantitative estimate of drug-likeness (QED) is 0.492. The molecule has 2 nitrogen and oxygen atoms in total. The van der Waals surface area contributed by atoms with Gasteiger partial charge in [0, 0.05) is 25.2 Å². The summed E-state index contributed by atoms with van der Waals surface area (Å²) in [6.45, 7) is 9.83. The van der Waals surface area contributed by atoms with E-state index in [1.54, 1.807) is 0 Å². The monoisotopic (exact) mass is 234 g/mol. The summed E-state index contributed by atoms with van der Waals surface area (Å²) in [5, 5.41) is 5.14. The molecule has 0 radical (unpaired) electrons. The highest BCUT2D eigenvalue weighted by Gasteiger charge is 2.32. The van der Waals surface area contributed by atoms with Gasteiger partial charge >= 0.3 is 0 Å². The molecule has 0 aromatic rings. The Morgan fingerprint density at radius 1 is 0.765 bits per heavy atom. The normalized spacial score (nSPS) is 22.0. The van der Waals surface area contributed by atoms with Crippen LogP contribution in [0.4, 0.5) is 0 Å². The van der Waals surface area contributed by atoms with Gasteiger partial charge < -0.3 is 0 Å². The topological polar surface area (TPSA) is 6.48 Å². The molecule has 0 aromatic heterocycles. The summed E-state index contributed by atoms with van der Waals surface area (Å²) in [6.07, 6.45) is 13.7. The van der Waals surface area contributed by atoms with Crippen molar-refractivity contribution in [3.63, 3.8) is 0 Å². The molecule has 17 heavy (non-hydrogen) atoms. The fraction of sp³-hybridized carbons (Fsp3) is 0.733. The molecule has 0 saturated heterocycles. The molecule has 2 aliphatic rings. The first-order valence-corrected chi connectivity index (χ1v) is 7.11. The summed E-state index contributed by atoms with van der Waals surface area (Å²) in [5.74, 6) is 0. The molecule has 2 rings (SSSR count). The third kappa shape index (κ3) is 2.99. The van der Waals surface area contributed by atoms with Crippen molar-refractivity contribution < 1.29 is 0 Å². The van der Waals surface area contributed by atoms with Crippen LogP contribution in [0, 0.1) is 0 Å². The van der Waals surface area contributed by atoms with Crippen LogP contribution in [0.15, 0.2) is 25.3 Å². The fourth-order valence-corrected chi connectivity index (χ4v) is 3.08. The van der Waals surface area contributed by atoms with Crippen molar-refractivity contribution in [2.75, 3.05) is 13.1 Å². The summed E-state index contributed by atoms with van der Waals surface area (Å²) in [6, 6.07) is 1.50. The predicted molar refractivity (Wildman–Crippen MR) is 73.7 cm³/mol. The molecule has 2 aliphatic carbocycles. The Hall–Kier alpha value is -0.600. The highest BCUT2D eigenvalue weighted by atomic mass is 15.6. The Morgan fingerprint density at radius 2 is 1.18 bits per heavy atom. The highest BCUT2D eigenvalue weighted by Crippen LogP contribution is 2.31. The number of hydrogen-bond donors (Lipinski definition) is 0. The van der Waals surface area contributed by atoms with Crippen LogP contribution in [-0.4, -0.2) is 35.2 Å². The maximum absolute atomic E-state index is 3.92. The van der Waals surface area contributed by atoms with E-state index in [0.29, 0.717) is 0 Å². The molecule has 0 bridgehead atoms. The third-order valence-corrected chi connectivity index (χ3v) is 4.20. The van der Waals surface area contributed by atoms with Crippen molar-refractivity contribution in [3.8, 4) is 0 Å². The number of hydrogen-bond acceptors (Lipinski definition) is 2. The highest BCUT2D eigenvalue weighted by molar-refractivity contribution is 4.89. The second-order valence-corrected chi connectivity index (χ2v) is 5.34. The Bertz CT molecular complexity index is 252. The zero-order valence-corrected chi connectivity index (χ0v) is 11.0. The predicted octanol–water partition coefficient (Wildman–Crippen LogP) is 3.37. The summed E-state index contributed by atoms with van der Waals surface area (Å²) in [5.41, 5.74) is 0. The molecule has 0 spiro atoms. The van der Waals surface area contributed by atoms with Gasteiger partial charge in [0.25, 0.3) is 0 Å². The van der Waals surface area contributed by atoms with Crippen molar-refractivity contribution in [3.05, 3.63) is 25.3 Å². The number of hydrazine groups is 1. The fourth-order valence-electron chi connectivity index (χ4n) is 3.08. The third-order valence-electron chi connectivity index (χ3n) is 4.20. The van der Waals surface area contributed by atoms with E-state index in [4.69, 9.17) is 0 Å². The number of rotatable bonds is 7. The maximum Gasteiger partial charge on any atom is 0.0314 e. The number of nitrogens with zero attached hydrogens (tertiary/aromatic N) is 2. The van der Waals surface area contributed by atoms with Gasteiger partial charge in [-0.05, 0) is 25.7 Å².